The van der Waals surface area contributed by atoms with Crippen LogP contribution < -0.4 is 5.32 Å². The fraction of sp³-hybridized carbons (Fsp3) is 0.0556. The van der Waals surface area contributed by atoms with E-state index in [9.17, 15) is 4.79 Å². The molecule has 1 heterocycles. The minimum absolute atomic E-state index is 0.153. The van der Waals surface area contributed by atoms with E-state index in [1.54, 1.807) is 0 Å². The number of ether oxygens (including phenoxy) is 1. The predicted molar refractivity (Wildman–Crippen MR) is 92.7 cm³/mol. The molecular formula is C18H14ClN3O2. The van der Waals surface area contributed by atoms with E-state index >= 15 is 0 Å². The van der Waals surface area contributed by atoms with Crippen LogP contribution in [-0.4, -0.2) is 16.1 Å². The molecule has 0 fully saturated rings. The Hall–Kier alpha value is -2.92. The van der Waals surface area contributed by atoms with Crippen molar-refractivity contribution in [3.63, 3.8) is 0 Å². The number of nitrogens with one attached hydrogen (secondary N) is 1. The average molecular weight is 340 g/mol. The third-order valence-electron chi connectivity index (χ3n) is 3.22. The van der Waals surface area contributed by atoms with Crippen molar-refractivity contribution in [2.75, 3.05) is 5.32 Å². The molecule has 0 saturated carbocycles. The summed E-state index contributed by atoms with van der Waals surface area (Å²) in [6.45, 7) is 0.174. The van der Waals surface area contributed by atoms with Gasteiger partial charge in [-0.1, -0.05) is 72.3 Å². The zero-order chi connectivity index (χ0) is 16.8. The Labute approximate surface area is 144 Å². The van der Waals surface area contributed by atoms with Gasteiger partial charge < -0.3 is 4.74 Å². The van der Waals surface area contributed by atoms with Crippen molar-refractivity contribution in [2.24, 2.45) is 0 Å². The summed E-state index contributed by atoms with van der Waals surface area (Å²) in [6.07, 6.45) is 0.846. The van der Waals surface area contributed by atoms with E-state index in [-0.39, 0.29) is 11.8 Å². The first-order valence-corrected chi connectivity index (χ1v) is 7.66. The molecule has 0 radical (unpaired) electrons. The van der Waals surface area contributed by atoms with Crippen LogP contribution in [0.3, 0.4) is 0 Å². The third-order valence-corrected chi connectivity index (χ3v) is 3.51. The Balaban J connectivity index is 1.64. The SMILES string of the molecule is O=C(Nc1cnc(-c2ccccc2)nc1Cl)OCc1ccccc1. The summed E-state index contributed by atoms with van der Waals surface area (Å²) in [5.74, 6) is 0.490. The molecule has 1 aromatic heterocycles. The van der Waals surface area contributed by atoms with Crippen LogP contribution >= 0.6 is 11.6 Å². The largest absolute Gasteiger partial charge is 0.444 e. The second-order valence-corrected chi connectivity index (χ2v) is 5.31. The Kier molecular flexibility index (Phi) is 5.03. The molecule has 2 aromatic carbocycles. The van der Waals surface area contributed by atoms with E-state index in [0.29, 0.717) is 11.5 Å². The standard InChI is InChI=1S/C18H14ClN3O2/c19-16-15(11-20-17(22-16)14-9-5-2-6-10-14)21-18(23)24-12-13-7-3-1-4-8-13/h1-11H,12H2,(H,21,23). The van der Waals surface area contributed by atoms with Gasteiger partial charge in [-0.05, 0) is 5.56 Å². The first-order chi connectivity index (χ1) is 11.7. The van der Waals surface area contributed by atoms with Gasteiger partial charge >= 0.3 is 6.09 Å². The highest BCUT2D eigenvalue weighted by atomic mass is 35.5. The van der Waals surface area contributed by atoms with Crippen LogP contribution in [0.15, 0.2) is 66.9 Å². The summed E-state index contributed by atoms with van der Waals surface area (Å²) in [4.78, 5) is 20.3. The van der Waals surface area contributed by atoms with Crippen molar-refractivity contribution in [1.29, 1.82) is 0 Å². The lowest BCUT2D eigenvalue weighted by atomic mass is 10.2. The molecule has 0 saturated heterocycles. The van der Waals surface area contributed by atoms with Gasteiger partial charge in [0, 0.05) is 5.56 Å². The highest BCUT2D eigenvalue weighted by molar-refractivity contribution is 6.32. The molecule has 0 atom stereocenters. The Morgan fingerprint density at radius 1 is 1.04 bits per heavy atom. The van der Waals surface area contributed by atoms with Gasteiger partial charge in [-0.15, -0.1) is 0 Å². The number of amides is 1. The lowest BCUT2D eigenvalue weighted by molar-refractivity contribution is 0.155. The number of halogens is 1. The van der Waals surface area contributed by atoms with Gasteiger partial charge in [0.05, 0.1) is 6.20 Å². The molecule has 0 aliphatic carbocycles. The molecule has 5 nitrogen and oxygen atoms in total. The topological polar surface area (TPSA) is 64.1 Å². The minimum Gasteiger partial charge on any atom is -0.444 e. The van der Waals surface area contributed by atoms with Gasteiger partial charge in [0.1, 0.15) is 12.3 Å². The van der Waals surface area contributed by atoms with Crippen molar-refractivity contribution in [1.82, 2.24) is 9.97 Å². The zero-order valence-electron chi connectivity index (χ0n) is 12.6. The fourth-order valence-corrected chi connectivity index (χ4v) is 2.22. The van der Waals surface area contributed by atoms with Gasteiger partial charge in [-0.2, -0.15) is 0 Å². The Morgan fingerprint density at radius 2 is 1.71 bits per heavy atom. The van der Waals surface area contributed by atoms with E-state index in [1.807, 2.05) is 60.7 Å². The molecule has 120 valence electrons. The van der Waals surface area contributed by atoms with E-state index in [2.05, 4.69) is 15.3 Å². The maximum absolute atomic E-state index is 11.8. The molecule has 3 rings (SSSR count). The lowest BCUT2D eigenvalue weighted by Crippen LogP contribution is -2.14. The summed E-state index contributed by atoms with van der Waals surface area (Å²) in [7, 11) is 0. The van der Waals surface area contributed by atoms with Crippen molar-refractivity contribution < 1.29 is 9.53 Å². The number of hydrogen-bond acceptors (Lipinski definition) is 4. The van der Waals surface area contributed by atoms with E-state index in [0.717, 1.165) is 11.1 Å². The molecule has 0 bridgehead atoms. The number of rotatable bonds is 4. The maximum Gasteiger partial charge on any atom is 0.412 e. The van der Waals surface area contributed by atoms with Gasteiger partial charge in [0.15, 0.2) is 11.0 Å². The Bertz CT molecular complexity index is 826. The predicted octanol–water partition coefficient (Wildman–Crippen LogP) is 4.55. The summed E-state index contributed by atoms with van der Waals surface area (Å²) in [5, 5.41) is 2.69. The van der Waals surface area contributed by atoms with Crippen LogP contribution in [0.1, 0.15) is 5.56 Å². The number of benzene rings is 2. The van der Waals surface area contributed by atoms with Crippen LogP contribution in [0.4, 0.5) is 10.5 Å². The van der Waals surface area contributed by atoms with Crippen molar-refractivity contribution in [3.8, 4) is 11.4 Å². The maximum atomic E-state index is 11.8. The molecule has 1 N–H and O–H groups in total. The third kappa shape index (κ3) is 4.08. The highest BCUT2D eigenvalue weighted by Crippen LogP contribution is 2.22. The quantitative estimate of drug-likeness (QED) is 0.708. The summed E-state index contributed by atoms with van der Waals surface area (Å²) in [6, 6.07) is 18.8. The number of anilines is 1. The molecule has 0 spiro atoms. The van der Waals surface area contributed by atoms with Gasteiger partial charge in [-0.3, -0.25) is 5.32 Å². The lowest BCUT2D eigenvalue weighted by Gasteiger charge is -2.09. The van der Waals surface area contributed by atoms with Gasteiger partial charge in [0.2, 0.25) is 0 Å². The van der Waals surface area contributed by atoms with Crippen molar-refractivity contribution >= 4 is 23.4 Å². The molecule has 24 heavy (non-hydrogen) atoms. The second kappa shape index (κ2) is 7.57. The molecular weight excluding hydrogens is 326 g/mol. The number of hydrogen-bond donors (Lipinski definition) is 1. The van der Waals surface area contributed by atoms with E-state index in [1.165, 1.54) is 6.20 Å². The molecule has 6 heteroatoms. The number of aromatic nitrogens is 2. The molecule has 0 aliphatic rings. The van der Waals surface area contributed by atoms with Crippen LogP contribution in [0.25, 0.3) is 11.4 Å². The monoisotopic (exact) mass is 339 g/mol. The first-order valence-electron chi connectivity index (χ1n) is 7.28. The number of carbonyl (C=O) groups excluding carboxylic acids is 1. The number of carbonyl (C=O) groups is 1. The highest BCUT2D eigenvalue weighted by Gasteiger charge is 2.10. The van der Waals surface area contributed by atoms with Crippen LogP contribution in [0.5, 0.6) is 0 Å². The van der Waals surface area contributed by atoms with Gasteiger partial charge in [-0.25, -0.2) is 14.8 Å². The van der Waals surface area contributed by atoms with Crippen LogP contribution in [0.2, 0.25) is 5.15 Å². The summed E-state index contributed by atoms with van der Waals surface area (Å²) in [5.41, 5.74) is 2.04. The molecule has 1 amide bonds. The normalized spacial score (nSPS) is 10.2. The molecule has 0 unspecified atom stereocenters. The summed E-state index contributed by atoms with van der Waals surface area (Å²) < 4.78 is 5.14. The zero-order valence-corrected chi connectivity index (χ0v) is 13.4. The Morgan fingerprint density at radius 3 is 2.38 bits per heavy atom. The van der Waals surface area contributed by atoms with E-state index in [4.69, 9.17) is 16.3 Å². The average Bonchev–Trinajstić information content (AvgIpc) is 2.63. The first kappa shape index (κ1) is 16.0. The fourth-order valence-electron chi connectivity index (χ4n) is 2.04. The van der Waals surface area contributed by atoms with Crippen LogP contribution in [-0.2, 0) is 11.3 Å². The van der Waals surface area contributed by atoms with Crippen molar-refractivity contribution in [3.05, 3.63) is 77.6 Å². The van der Waals surface area contributed by atoms with Crippen molar-refractivity contribution in [2.45, 2.75) is 6.61 Å². The smallest absolute Gasteiger partial charge is 0.412 e. The number of nitrogens with zero attached hydrogens (tertiary/aromatic N) is 2. The van der Waals surface area contributed by atoms with E-state index < -0.39 is 6.09 Å². The van der Waals surface area contributed by atoms with Crippen LogP contribution in [0, 0.1) is 0 Å². The molecule has 0 aliphatic heterocycles. The second-order valence-electron chi connectivity index (χ2n) is 4.95. The molecule has 3 aromatic rings. The minimum atomic E-state index is -0.614. The van der Waals surface area contributed by atoms with Gasteiger partial charge in [0.25, 0.3) is 0 Å². The summed E-state index contributed by atoms with van der Waals surface area (Å²) >= 11 is 6.12.